The molecule has 1 aliphatic rings. The van der Waals surface area contributed by atoms with Gasteiger partial charge in [0.25, 0.3) is 0 Å². The van der Waals surface area contributed by atoms with Gasteiger partial charge in [0, 0.05) is 23.4 Å². The molecule has 7 heteroatoms. The Kier molecular flexibility index (Phi) is 2.60. The van der Waals surface area contributed by atoms with E-state index in [9.17, 15) is 10.1 Å². The quantitative estimate of drug-likeness (QED) is 0.655. The summed E-state index contributed by atoms with van der Waals surface area (Å²) < 4.78 is 10.5. The van der Waals surface area contributed by atoms with Crippen molar-refractivity contribution in [3.05, 3.63) is 28.4 Å². The van der Waals surface area contributed by atoms with Crippen LogP contribution >= 0.6 is 0 Å². The predicted molar refractivity (Wildman–Crippen MR) is 62.6 cm³/mol. The Labute approximate surface area is 102 Å². The highest BCUT2D eigenvalue weighted by Crippen LogP contribution is 2.31. The van der Waals surface area contributed by atoms with E-state index in [1.165, 1.54) is 6.07 Å². The standard InChI is InChI=1S/C11H11N3O4/c15-14(16)10-1-8-3-12-13-9(8)2-11(10)18-6-7-4-17-5-7/h1-3,7H,4-6H2,(H,12,13). The van der Waals surface area contributed by atoms with Crippen molar-refractivity contribution in [3.63, 3.8) is 0 Å². The van der Waals surface area contributed by atoms with Gasteiger partial charge in [-0.05, 0) is 0 Å². The third kappa shape index (κ3) is 1.88. The van der Waals surface area contributed by atoms with Crippen LogP contribution in [0.5, 0.6) is 5.75 Å². The largest absolute Gasteiger partial charge is 0.486 e. The van der Waals surface area contributed by atoms with E-state index < -0.39 is 4.92 Å². The highest BCUT2D eigenvalue weighted by Gasteiger charge is 2.22. The van der Waals surface area contributed by atoms with E-state index in [2.05, 4.69) is 10.2 Å². The molecule has 0 spiro atoms. The zero-order chi connectivity index (χ0) is 12.5. The highest BCUT2D eigenvalue weighted by atomic mass is 16.6. The molecule has 0 unspecified atom stereocenters. The first-order valence-corrected chi connectivity index (χ1v) is 5.56. The van der Waals surface area contributed by atoms with Crippen LogP contribution in [0.4, 0.5) is 5.69 Å². The van der Waals surface area contributed by atoms with E-state index in [0.29, 0.717) is 31.1 Å². The molecule has 1 fully saturated rings. The van der Waals surface area contributed by atoms with E-state index in [1.54, 1.807) is 12.3 Å². The van der Waals surface area contributed by atoms with Crippen LogP contribution in [-0.2, 0) is 4.74 Å². The van der Waals surface area contributed by atoms with Gasteiger partial charge >= 0.3 is 5.69 Å². The van der Waals surface area contributed by atoms with E-state index in [-0.39, 0.29) is 11.4 Å². The van der Waals surface area contributed by atoms with Crippen molar-refractivity contribution >= 4 is 16.6 Å². The van der Waals surface area contributed by atoms with Crippen LogP contribution in [0.3, 0.4) is 0 Å². The molecule has 0 saturated carbocycles. The highest BCUT2D eigenvalue weighted by molar-refractivity contribution is 5.83. The van der Waals surface area contributed by atoms with E-state index in [0.717, 1.165) is 5.52 Å². The van der Waals surface area contributed by atoms with Crippen LogP contribution in [0, 0.1) is 16.0 Å². The normalized spacial score (nSPS) is 15.6. The Balaban J connectivity index is 1.90. The van der Waals surface area contributed by atoms with Crippen molar-refractivity contribution in [2.45, 2.75) is 0 Å². The monoisotopic (exact) mass is 249 g/mol. The number of H-pyrrole nitrogens is 1. The number of nitrogens with zero attached hydrogens (tertiary/aromatic N) is 2. The van der Waals surface area contributed by atoms with Crippen molar-refractivity contribution in [3.8, 4) is 5.75 Å². The summed E-state index contributed by atoms with van der Waals surface area (Å²) in [6, 6.07) is 3.07. The average molecular weight is 249 g/mol. The van der Waals surface area contributed by atoms with Crippen LogP contribution < -0.4 is 4.74 Å². The molecule has 0 amide bonds. The SMILES string of the molecule is O=[N+]([O-])c1cc2cn[nH]c2cc1OCC1COC1. The van der Waals surface area contributed by atoms with E-state index >= 15 is 0 Å². The summed E-state index contributed by atoms with van der Waals surface area (Å²) in [7, 11) is 0. The minimum Gasteiger partial charge on any atom is -0.486 e. The minimum atomic E-state index is -0.445. The minimum absolute atomic E-state index is 0.0378. The zero-order valence-corrected chi connectivity index (χ0v) is 9.46. The number of ether oxygens (including phenoxy) is 2. The van der Waals surface area contributed by atoms with Gasteiger partial charge in [-0.15, -0.1) is 0 Å². The van der Waals surface area contributed by atoms with Gasteiger partial charge < -0.3 is 9.47 Å². The fourth-order valence-corrected chi connectivity index (χ4v) is 1.81. The maximum absolute atomic E-state index is 11.0. The number of nitro benzene ring substituents is 1. The number of aromatic amines is 1. The Morgan fingerprint density at radius 3 is 3.06 bits per heavy atom. The molecule has 94 valence electrons. The van der Waals surface area contributed by atoms with Gasteiger partial charge in [-0.3, -0.25) is 15.2 Å². The lowest BCUT2D eigenvalue weighted by Crippen LogP contribution is -2.32. The Morgan fingerprint density at radius 2 is 2.39 bits per heavy atom. The summed E-state index contributed by atoms with van der Waals surface area (Å²) in [6.45, 7) is 1.74. The molecule has 1 saturated heterocycles. The van der Waals surface area contributed by atoms with Gasteiger partial charge in [-0.25, -0.2) is 0 Å². The molecule has 7 nitrogen and oxygen atoms in total. The molecule has 1 N–H and O–H groups in total. The predicted octanol–water partition coefficient (Wildman–Crippen LogP) is 1.50. The number of fused-ring (bicyclic) bond motifs is 1. The second-order valence-electron chi connectivity index (χ2n) is 4.25. The lowest BCUT2D eigenvalue weighted by Gasteiger charge is -2.25. The molecule has 1 aliphatic heterocycles. The van der Waals surface area contributed by atoms with Crippen LogP contribution in [0.1, 0.15) is 0 Å². The second kappa shape index (κ2) is 4.26. The summed E-state index contributed by atoms with van der Waals surface area (Å²) in [5.41, 5.74) is 0.685. The van der Waals surface area contributed by atoms with Crippen LogP contribution in [0.2, 0.25) is 0 Å². The summed E-state index contributed by atoms with van der Waals surface area (Å²) in [5.74, 6) is 0.589. The topological polar surface area (TPSA) is 90.3 Å². The molecule has 2 aromatic rings. The maximum atomic E-state index is 11.0. The Hall–Kier alpha value is -2.15. The lowest BCUT2D eigenvalue weighted by atomic mass is 10.1. The maximum Gasteiger partial charge on any atom is 0.311 e. The molecule has 1 aromatic carbocycles. The first-order chi connectivity index (χ1) is 8.74. The van der Waals surface area contributed by atoms with Gasteiger partial charge in [-0.1, -0.05) is 0 Å². The summed E-state index contributed by atoms with van der Waals surface area (Å²) >= 11 is 0. The number of benzene rings is 1. The fourth-order valence-electron chi connectivity index (χ4n) is 1.81. The van der Waals surface area contributed by atoms with Gasteiger partial charge in [0.05, 0.1) is 36.5 Å². The Bertz CT molecular complexity index is 591. The van der Waals surface area contributed by atoms with Crippen molar-refractivity contribution in [1.82, 2.24) is 10.2 Å². The molecular formula is C11H11N3O4. The number of nitrogens with one attached hydrogen (secondary N) is 1. The molecule has 0 radical (unpaired) electrons. The molecule has 1 aromatic heterocycles. The average Bonchev–Trinajstić information content (AvgIpc) is 2.72. The summed E-state index contributed by atoms with van der Waals surface area (Å²) in [4.78, 5) is 10.5. The van der Waals surface area contributed by atoms with Crippen molar-refractivity contribution in [2.75, 3.05) is 19.8 Å². The number of nitro groups is 1. The first-order valence-electron chi connectivity index (χ1n) is 5.56. The summed E-state index contributed by atoms with van der Waals surface area (Å²) in [5, 5.41) is 18.3. The third-order valence-corrected chi connectivity index (χ3v) is 2.90. The van der Waals surface area contributed by atoms with Crippen LogP contribution in [0.15, 0.2) is 18.3 Å². The van der Waals surface area contributed by atoms with Crippen molar-refractivity contribution in [2.24, 2.45) is 5.92 Å². The van der Waals surface area contributed by atoms with Crippen LogP contribution in [0.25, 0.3) is 10.9 Å². The zero-order valence-electron chi connectivity index (χ0n) is 9.46. The molecule has 3 rings (SSSR count). The van der Waals surface area contributed by atoms with E-state index in [4.69, 9.17) is 9.47 Å². The number of hydrogen-bond acceptors (Lipinski definition) is 5. The molecule has 18 heavy (non-hydrogen) atoms. The van der Waals surface area contributed by atoms with Gasteiger partial charge in [0.15, 0.2) is 5.75 Å². The Morgan fingerprint density at radius 1 is 1.56 bits per heavy atom. The lowest BCUT2D eigenvalue weighted by molar-refractivity contribution is -0.385. The molecule has 0 atom stereocenters. The van der Waals surface area contributed by atoms with Gasteiger partial charge in [0.2, 0.25) is 0 Å². The first kappa shape index (κ1) is 11.0. The summed E-state index contributed by atoms with van der Waals surface area (Å²) in [6.07, 6.45) is 1.55. The molecule has 0 bridgehead atoms. The number of hydrogen-bond donors (Lipinski definition) is 1. The smallest absolute Gasteiger partial charge is 0.311 e. The third-order valence-electron chi connectivity index (χ3n) is 2.90. The fraction of sp³-hybridized carbons (Fsp3) is 0.364. The second-order valence-corrected chi connectivity index (χ2v) is 4.25. The van der Waals surface area contributed by atoms with E-state index in [1.807, 2.05) is 0 Å². The van der Waals surface area contributed by atoms with Crippen LogP contribution in [-0.4, -0.2) is 34.9 Å². The molecular weight excluding hydrogens is 238 g/mol. The van der Waals surface area contributed by atoms with Crippen molar-refractivity contribution < 1.29 is 14.4 Å². The molecule has 2 heterocycles. The number of rotatable bonds is 4. The van der Waals surface area contributed by atoms with Gasteiger partial charge in [-0.2, -0.15) is 5.10 Å². The molecule has 0 aliphatic carbocycles. The van der Waals surface area contributed by atoms with Crippen molar-refractivity contribution in [1.29, 1.82) is 0 Å². The number of aromatic nitrogens is 2. The van der Waals surface area contributed by atoms with Gasteiger partial charge in [0.1, 0.15) is 0 Å².